The van der Waals surface area contributed by atoms with Crippen molar-refractivity contribution in [3.63, 3.8) is 0 Å². The molecule has 0 unspecified atom stereocenters. The van der Waals surface area contributed by atoms with Crippen LogP contribution in [0.3, 0.4) is 0 Å². The van der Waals surface area contributed by atoms with Crippen LogP contribution in [0.2, 0.25) is 0 Å². The number of carbonyl (C=O) groups is 2. The quantitative estimate of drug-likeness (QED) is 0.164. The van der Waals surface area contributed by atoms with E-state index in [4.69, 9.17) is 4.74 Å². The number of hydrogen-bond donors (Lipinski definition) is 1. The fourth-order valence-corrected chi connectivity index (χ4v) is 3.39. The molecule has 0 fully saturated rings. The molecule has 0 aliphatic carbocycles. The third-order valence-corrected chi connectivity index (χ3v) is 5.27. The summed E-state index contributed by atoms with van der Waals surface area (Å²) in [7, 11) is 1.35. The molecule has 5 heteroatoms. The first-order valence-corrected chi connectivity index (χ1v) is 12.2. The molecule has 0 atom stereocenters. The Labute approximate surface area is 179 Å². The van der Waals surface area contributed by atoms with Crippen LogP contribution in [0.4, 0.5) is 4.79 Å². The fraction of sp³-hybridized carbons (Fsp3) is 0.917. The van der Waals surface area contributed by atoms with E-state index in [1.165, 1.54) is 84.2 Å². The highest BCUT2D eigenvalue weighted by Crippen LogP contribution is 2.13. The molecule has 0 spiro atoms. The van der Waals surface area contributed by atoms with Gasteiger partial charge in [-0.1, -0.05) is 96.8 Å². The largest absolute Gasteiger partial charge is 0.466 e. The van der Waals surface area contributed by atoms with Crippen molar-refractivity contribution in [1.82, 2.24) is 5.32 Å². The van der Waals surface area contributed by atoms with Crippen LogP contribution in [0.1, 0.15) is 122 Å². The van der Waals surface area contributed by atoms with Crippen molar-refractivity contribution in [1.29, 1.82) is 0 Å². The summed E-state index contributed by atoms with van der Waals surface area (Å²) in [6, 6.07) is 0. The van der Waals surface area contributed by atoms with E-state index in [2.05, 4.69) is 17.0 Å². The molecule has 0 saturated carbocycles. The van der Waals surface area contributed by atoms with E-state index < -0.39 is 6.09 Å². The lowest BCUT2D eigenvalue weighted by atomic mass is 10.0. The third kappa shape index (κ3) is 22.9. The van der Waals surface area contributed by atoms with E-state index in [0.717, 1.165) is 32.1 Å². The summed E-state index contributed by atoms with van der Waals surface area (Å²) in [5.41, 5.74) is 0. The van der Waals surface area contributed by atoms with E-state index in [0.29, 0.717) is 19.6 Å². The Hall–Kier alpha value is -1.26. The van der Waals surface area contributed by atoms with E-state index >= 15 is 0 Å². The molecule has 0 aliphatic rings. The summed E-state index contributed by atoms with van der Waals surface area (Å²) in [6.07, 6.45) is 21.3. The average molecular weight is 414 g/mol. The van der Waals surface area contributed by atoms with Gasteiger partial charge in [0.05, 0.1) is 13.7 Å². The summed E-state index contributed by atoms with van der Waals surface area (Å²) < 4.78 is 9.77. The number of carbonyl (C=O) groups excluding carboxylic acids is 2. The van der Waals surface area contributed by atoms with Gasteiger partial charge in [0.15, 0.2) is 0 Å². The third-order valence-electron chi connectivity index (χ3n) is 5.27. The van der Waals surface area contributed by atoms with E-state index in [-0.39, 0.29) is 5.97 Å². The van der Waals surface area contributed by atoms with Gasteiger partial charge in [-0.05, 0) is 19.3 Å². The lowest BCUT2D eigenvalue weighted by Crippen LogP contribution is -2.23. The number of unbranched alkanes of at least 4 members (excludes halogenated alkanes) is 15. The molecule has 0 saturated heterocycles. The van der Waals surface area contributed by atoms with Crippen molar-refractivity contribution in [2.75, 3.05) is 20.3 Å². The zero-order chi connectivity index (χ0) is 21.4. The smallest absolute Gasteiger partial charge is 0.406 e. The van der Waals surface area contributed by atoms with Crippen LogP contribution >= 0.6 is 0 Å². The first kappa shape index (κ1) is 27.7. The van der Waals surface area contributed by atoms with Crippen LogP contribution in [-0.2, 0) is 14.3 Å². The van der Waals surface area contributed by atoms with Crippen molar-refractivity contribution < 1.29 is 19.1 Å². The number of alkyl carbamates (subject to hydrolysis) is 1. The fourth-order valence-electron chi connectivity index (χ4n) is 3.39. The van der Waals surface area contributed by atoms with Gasteiger partial charge in [-0.25, -0.2) is 4.79 Å². The highest BCUT2D eigenvalue weighted by atomic mass is 16.5. The highest BCUT2D eigenvalue weighted by molar-refractivity contribution is 5.69. The number of rotatable bonds is 21. The van der Waals surface area contributed by atoms with Gasteiger partial charge in [0.25, 0.3) is 0 Å². The molecule has 0 aliphatic heterocycles. The van der Waals surface area contributed by atoms with Gasteiger partial charge in [0, 0.05) is 13.0 Å². The van der Waals surface area contributed by atoms with Gasteiger partial charge >= 0.3 is 12.1 Å². The molecule has 5 nitrogen and oxygen atoms in total. The monoisotopic (exact) mass is 413 g/mol. The number of methoxy groups -OCH3 is 1. The lowest BCUT2D eigenvalue weighted by molar-refractivity contribution is -0.143. The molecule has 1 N–H and O–H groups in total. The molecule has 0 aromatic rings. The Kier molecular flexibility index (Phi) is 22.0. The predicted octanol–water partition coefficient (Wildman–Crippen LogP) is 6.93. The van der Waals surface area contributed by atoms with Crippen molar-refractivity contribution in [2.45, 2.75) is 122 Å². The summed E-state index contributed by atoms with van der Waals surface area (Å²) in [4.78, 5) is 22.5. The Morgan fingerprint density at radius 3 is 1.66 bits per heavy atom. The number of hydrogen-bond acceptors (Lipinski definition) is 4. The van der Waals surface area contributed by atoms with Gasteiger partial charge in [-0.2, -0.15) is 0 Å². The standard InChI is InChI=1S/C24H47NO4/c1-3-4-5-6-7-8-9-10-11-12-13-14-15-19-22-29-23(26)20-17-16-18-21-25-24(27)28-2/h3-22H2,1-2H3,(H,25,27). The maximum absolute atomic E-state index is 11.7. The Balaban J connectivity index is 3.16. The van der Waals surface area contributed by atoms with Crippen LogP contribution in [-0.4, -0.2) is 32.3 Å². The number of nitrogens with one attached hydrogen (secondary N) is 1. The van der Waals surface area contributed by atoms with Crippen LogP contribution in [0.15, 0.2) is 0 Å². The SMILES string of the molecule is CCCCCCCCCCCCCCCCOC(=O)CCCCCNC(=O)OC. The van der Waals surface area contributed by atoms with E-state index in [9.17, 15) is 9.59 Å². The Bertz CT molecular complexity index is 374. The summed E-state index contributed by atoms with van der Waals surface area (Å²) in [6.45, 7) is 3.41. The molecule has 0 aromatic carbocycles. The maximum Gasteiger partial charge on any atom is 0.406 e. The van der Waals surface area contributed by atoms with Crippen molar-refractivity contribution in [3.8, 4) is 0 Å². The van der Waals surface area contributed by atoms with E-state index in [1.54, 1.807) is 0 Å². The topological polar surface area (TPSA) is 64.6 Å². The highest BCUT2D eigenvalue weighted by Gasteiger charge is 2.03. The Morgan fingerprint density at radius 1 is 0.655 bits per heavy atom. The second-order valence-corrected chi connectivity index (χ2v) is 8.05. The van der Waals surface area contributed by atoms with Crippen molar-refractivity contribution in [3.05, 3.63) is 0 Å². The van der Waals surface area contributed by atoms with Gasteiger partial charge in [-0.15, -0.1) is 0 Å². The van der Waals surface area contributed by atoms with Gasteiger partial charge in [0.1, 0.15) is 0 Å². The minimum Gasteiger partial charge on any atom is -0.466 e. The molecule has 0 aromatic heterocycles. The molecule has 0 radical (unpaired) electrons. The molecule has 0 bridgehead atoms. The predicted molar refractivity (Wildman–Crippen MR) is 120 cm³/mol. The van der Waals surface area contributed by atoms with Crippen LogP contribution < -0.4 is 5.32 Å². The normalized spacial score (nSPS) is 10.7. The summed E-state index contributed by atoms with van der Waals surface area (Å²) in [5, 5.41) is 2.63. The molecule has 1 amide bonds. The summed E-state index contributed by atoms with van der Waals surface area (Å²) >= 11 is 0. The minimum atomic E-state index is -0.405. The van der Waals surface area contributed by atoms with Gasteiger partial charge < -0.3 is 14.8 Å². The molecular formula is C24H47NO4. The molecule has 172 valence electrons. The second-order valence-electron chi connectivity index (χ2n) is 8.05. The first-order chi connectivity index (χ1) is 14.2. The van der Waals surface area contributed by atoms with Crippen LogP contribution in [0.25, 0.3) is 0 Å². The van der Waals surface area contributed by atoms with Crippen LogP contribution in [0, 0.1) is 0 Å². The molecular weight excluding hydrogens is 366 g/mol. The summed E-state index contributed by atoms with van der Waals surface area (Å²) in [5.74, 6) is -0.0966. The zero-order valence-corrected chi connectivity index (χ0v) is 19.3. The lowest BCUT2D eigenvalue weighted by Gasteiger charge is -2.06. The number of amides is 1. The number of ether oxygens (including phenoxy) is 2. The first-order valence-electron chi connectivity index (χ1n) is 12.2. The second kappa shape index (κ2) is 23.0. The van der Waals surface area contributed by atoms with Gasteiger partial charge in [-0.3, -0.25) is 4.79 Å². The molecule has 29 heavy (non-hydrogen) atoms. The van der Waals surface area contributed by atoms with Gasteiger partial charge in [0.2, 0.25) is 0 Å². The van der Waals surface area contributed by atoms with E-state index in [1.807, 2.05) is 0 Å². The molecule has 0 heterocycles. The number of esters is 1. The van der Waals surface area contributed by atoms with Crippen molar-refractivity contribution in [2.24, 2.45) is 0 Å². The Morgan fingerprint density at radius 2 is 1.14 bits per heavy atom. The maximum atomic E-state index is 11.7. The zero-order valence-electron chi connectivity index (χ0n) is 19.3. The van der Waals surface area contributed by atoms with Crippen molar-refractivity contribution >= 4 is 12.1 Å². The van der Waals surface area contributed by atoms with Crippen LogP contribution in [0.5, 0.6) is 0 Å². The average Bonchev–Trinajstić information content (AvgIpc) is 2.73. The molecule has 0 rings (SSSR count). The minimum absolute atomic E-state index is 0.0966.